The highest BCUT2D eigenvalue weighted by Gasteiger charge is 2.13. The molecule has 0 aliphatic heterocycles. The van der Waals surface area contributed by atoms with Crippen LogP contribution in [0.3, 0.4) is 0 Å². The summed E-state index contributed by atoms with van der Waals surface area (Å²) in [6, 6.07) is 12.0. The average Bonchev–Trinajstić information content (AvgIpc) is 2.74. The first-order chi connectivity index (χ1) is 14.4. The van der Waals surface area contributed by atoms with Crippen LogP contribution in [0.15, 0.2) is 48.7 Å². The number of nitrogen functional groups attached to an aromatic ring is 1. The summed E-state index contributed by atoms with van der Waals surface area (Å²) in [7, 11) is 5.38. The maximum Gasteiger partial charge on any atom is 0.251 e. The fraction of sp³-hybridized carbons (Fsp3) is 0.227. The van der Waals surface area contributed by atoms with Gasteiger partial charge in [-0.15, -0.1) is 0 Å². The molecule has 0 saturated heterocycles. The third kappa shape index (κ3) is 4.84. The number of ether oxygens (including phenoxy) is 1. The highest BCUT2D eigenvalue weighted by molar-refractivity contribution is 5.95. The van der Waals surface area contributed by atoms with Gasteiger partial charge in [-0.3, -0.25) is 4.79 Å². The Balaban J connectivity index is 1.90. The van der Waals surface area contributed by atoms with Gasteiger partial charge in [0.2, 0.25) is 0 Å². The second kappa shape index (κ2) is 9.23. The van der Waals surface area contributed by atoms with E-state index < -0.39 is 0 Å². The lowest BCUT2D eigenvalue weighted by Gasteiger charge is -2.12. The van der Waals surface area contributed by atoms with Crippen LogP contribution in [0.25, 0.3) is 22.5 Å². The first-order valence-electron chi connectivity index (χ1n) is 9.42. The Morgan fingerprint density at radius 1 is 1.20 bits per heavy atom. The van der Waals surface area contributed by atoms with Gasteiger partial charge in [0.25, 0.3) is 5.91 Å². The maximum atomic E-state index is 12.4. The van der Waals surface area contributed by atoms with Gasteiger partial charge >= 0.3 is 0 Å². The maximum absolute atomic E-state index is 12.4. The van der Waals surface area contributed by atoms with Gasteiger partial charge in [-0.05, 0) is 44.4 Å². The van der Waals surface area contributed by atoms with Crippen LogP contribution in [0.4, 0.5) is 5.82 Å². The van der Waals surface area contributed by atoms with Crippen LogP contribution in [0.2, 0.25) is 0 Å². The lowest BCUT2D eigenvalue weighted by molar-refractivity contribution is 0.0951. The SMILES string of the molecule is COc1cc(-c2nc(-c3cccc(C(=O)NCCN(C)C)c3)cnc2N)ccc1O. The number of benzene rings is 2. The van der Waals surface area contributed by atoms with Crippen molar-refractivity contribution in [3.8, 4) is 34.0 Å². The lowest BCUT2D eigenvalue weighted by Crippen LogP contribution is -2.31. The normalized spacial score (nSPS) is 10.8. The first-order valence-corrected chi connectivity index (χ1v) is 9.42. The Bertz CT molecular complexity index is 1050. The monoisotopic (exact) mass is 407 g/mol. The van der Waals surface area contributed by atoms with Crippen LogP contribution in [-0.2, 0) is 0 Å². The number of nitrogens with two attached hydrogens (primary N) is 1. The molecule has 1 heterocycles. The van der Waals surface area contributed by atoms with Gasteiger partial charge in [0.15, 0.2) is 11.5 Å². The number of aromatic hydroxyl groups is 1. The standard InChI is InChI=1S/C22H25N5O3/c1-27(2)10-9-24-22(29)16-6-4-5-14(11-16)17-13-25-21(23)20(26-17)15-7-8-18(28)19(12-15)30-3/h4-8,11-13,28H,9-10H2,1-3H3,(H2,23,25)(H,24,29). The zero-order chi connectivity index (χ0) is 21.7. The molecule has 8 heteroatoms. The van der Waals surface area contributed by atoms with Crippen LogP contribution in [-0.4, -0.2) is 60.2 Å². The van der Waals surface area contributed by atoms with Crippen molar-refractivity contribution in [2.45, 2.75) is 0 Å². The number of nitrogens with zero attached hydrogens (tertiary/aromatic N) is 3. The molecule has 1 amide bonds. The van der Waals surface area contributed by atoms with Gasteiger partial charge in [0.1, 0.15) is 11.5 Å². The van der Waals surface area contributed by atoms with Crippen molar-refractivity contribution in [1.29, 1.82) is 0 Å². The Morgan fingerprint density at radius 2 is 2.00 bits per heavy atom. The van der Waals surface area contributed by atoms with Crippen molar-refractivity contribution in [3.63, 3.8) is 0 Å². The number of likely N-dealkylation sites (N-methyl/N-ethyl adjacent to an activating group) is 1. The van der Waals surface area contributed by atoms with Gasteiger partial charge in [0.05, 0.1) is 19.0 Å². The Hall–Kier alpha value is -3.65. The van der Waals surface area contributed by atoms with Crippen molar-refractivity contribution >= 4 is 11.7 Å². The molecular formula is C22H25N5O3. The second-order valence-electron chi connectivity index (χ2n) is 7.02. The van der Waals surface area contributed by atoms with E-state index in [1.54, 1.807) is 36.5 Å². The van der Waals surface area contributed by atoms with Crippen LogP contribution in [0.5, 0.6) is 11.5 Å². The zero-order valence-corrected chi connectivity index (χ0v) is 17.2. The molecule has 8 nitrogen and oxygen atoms in total. The number of phenols is 1. The molecule has 3 aromatic rings. The molecule has 0 aliphatic carbocycles. The zero-order valence-electron chi connectivity index (χ0n) is 17.2. The van der Waals surface area contributed by atoms with Gasteiger partial charge < -0.3 is 25.8 Å². The Labute approximate surface area is 175 Å². The van der Waals surface area contributed by atoms with E-state index in [0.717, 1.165) is 12.1 Å². The van der Waals surface area contributed by atoms with Crippen molar-refractivity contribution in [2.75, 3.05) is 40.0 Å². The molecule has 0 atom stereocenters. The van der Waals surface area contributed by atoms with E-state index in [0.29, 0.717) is 34.8 Å². The van der Waals surface area contributed by atoms with Crippen LogP contribution in [0, 0.1) is 0 Å². The van der Waals surface area contributed by atoms with Gasteiger partial charge in [0, 0.05) is 29.8 Å². The molecule has 0 spiro atoms. The molecule has 0 fully saturated rings. The number of phenolic OH excluding ortho intramolecular Hbond substituents is 1. The minimum absolute atomic E-state index is 0.0249. The van der Waals surface area contributed by atoms with E-state index >= 15 is 0 Å². The molecule has 156 valence electrons. The predicted octanol–water partition coefficient (Wildman–Crippen LogP) is 2.40. The number of anilines is 1. The number of hydrogen-bond donors (Lipinski definition) is 3. The number of aromatic nitrogens is 2. The number of carbonyl (C=O) groups is 1. The van der Waals surface area contributed by atoms with Crippen LogP contribution in [0.1, 0.15) is 10.4 Å². The highest BCUT2D eigenvalue weighted by Crippen LogP contribution is 2.33. The molecule has 0 aliphatic rings. The summed E-state index contributed by atoms with van der Waals surface area (Å²) in [6.07, 6.45) is 1.57. The number of rotatable bonds is 7. The van der Waals surface area contributed by atoms with E-state index in [4.69, 9.17) is 10.5 Å². The fourth-order valence-corrected chi connectivity index (χ4v) is 2.89. The van der Waals surface area contributed by atoms with E-state index in [9.17, 15) is 9.90 Å². The quantitative estimate of drug-likeness (QED) is 0.551. The molecule has 3 rings (SSSR count). The van der Waals surface area contributed by atoms with Crippen molar-refractivity contribution in [3.05, 3.63) is 54.2 Å². The summed E-state index contributed by atoms with van der Waals surface area (Å²) in [4.78, 5) is 23.3. The fourth-order valence-electron chi connectivity index (χ4n) is 2.89. The topological polar surface area (TPSA) is 114 Å². The van der Waals surface area contributed by atoms with Crippen molar-refractivity contribution in [1.82, 2.24) is 20.2 Å². The molecule has 0 saturated carbocycles. The Morgan fingerprint density at radius 3 is 2.73 bits per heavy atom. The molecule has 0 unspecified atom stereocenters. The number of nitrogens with one attached hydrogen (secondary N) is 1. The molecule has 0 bridgehead atoms. The van der Waals surface area contributed by atoms with E-state index in [1.807, 2.05) is 25.1 Å². The highest BCUT2D eigenvalue weighted by atomic mass is 16.5. The summed E-state index contributed by atoms with van der Waals surface area (Å²) >= 11 is 0. The summed E-state index contributed by atoms with van der Waals surface area (Å²) in [5.41, 5.74) is 9.03. The van der Waals surface area contributed by atoms with Crippen LogP contribution >= 0.6 is 0 Å². The number of hydrogen-bond acceptors (Lipinski definition) is 7. The third-order valence-electron chi connectivity index (χ3n) is 4.52. The van der Waals surface area contributed by atoms with Gasteiger partial charge in [-0.1, -0.05) is 12.1 Å². The van der Waals surface area contributed by atoms with Crippen molar-refractivity contribution < 1.29 is 14.6 Å². The minimum Gasteiger partial charge on any atom is -0.504 e. The summed E-state index contributed by atoms with van der Waals surface area (Å²) in [5, 5.41) is 12.7. The summed E-state index contributed by atoms with van der Waals surface area (Å²) < 4.78 is 5.16. The minimum atomic E-state index is -0.148. The molecule has 2 aromatic carbocycles. The van der Waals surface area contributed by atoms with E-state index in [1.165, 1.54) is 13.2 Å². The second-order valence-corrected chi connectivity index (χ2v) is 7.02. The molecule has 0 radical (unpaired) electrons. The smallest absolute Gasteiger partial charge is 0.251 e. The lowest BCUT2D eigenvalue weighted by atomic mass is 10.1. The Kier molecular flexibility index (Phi) is 6.48. The number of methoxy groups -OCH3 is 1. The molecule has 1 aromatic heterocycles. The summed E-state index contributed by atoms with van der Waals surface area (Å²) in [5.74, 6) is 0.446. The molecular weight excluding hydrogens is 382 g/mol. The van der Waals surface area contributed by atoms with E-state index in [2.05, 4.69) is 15.3 Å². The predicted molar refractivity (Wildman–Crippen MR) is 116 cm³/mol. The first kappa shape index (κ1) is 21.1. The molecule has 30 heavy (non-hydrogen) atoms. The third-order valence-corrected chi connectivity index (χ3v) is 4.52. The average molecular weight is 407 g/mol. The van der Waals surface area contributed by atoms with Gasteiger partial charge in [-0.2, -0.15) is 0 Å². The van der Waals surface area contributed by atoms with Crippen molar-refractivity contribution in [2.24, 2.45) is 0 Å². The summed E-state index contributed by atoms with van der Waals surface area (Å²) in [6.45, 7) is 1.32. The van der Waals surface area contributed by atoms with E-state index in [-0.39, 0.29) is 17.5 Å². The van der Waals surface area contributed by atoms with Gasteiger partial charge in [-0.25, -0.2) is 9.97 Å². The number of carbonyl (C=O) groups excluding carboxylic acids is 1. The van der Waals surface area contributed by atoms with Crippen LogP contribution < -0.4 is 15.8 Å². The number of amides is 1. The largest absolute Gasteiger partial charge is 0.504 e. The molecule has 4 N–H and O–H groups in total.